The minimum absolute atomic E-state index is 0.334. The van der Waals surface area contributed by atoms with E-state index < -0.39 is 18.3 Å². The molecule has 0 bridgehead atoms. The van der Waals surface area contributed by atoms with Crippen molar-refractivity contribution >= 4 is 24.0 Å². The number of rotatable bonds is 11. The van der Waals surface area contributed by atoms with E-state index in [1.165, 1.54) is 0 Å². The molecule has 159 valence electrons. The van der Waals surface area contributed by atoms with E-state index in [-0.39, 0.29) is 0 Å². The highest BCUT2D eigenvalue weighted by atomic mass is 32.2. The van der Waals surface area contributed by atoms with Crippen molar-refractivity contribution in [3.8, 4) is 11.5 Å². The minimum atomic E-state index is -3.52. The van der Waals surface area contributed by atoms with Gasteiger partial charge in [-0.3, -0.25) is 4.72 Å². The van der Waals surface area contributed by atoms with Gasteiger partial charge in [0.05, 0.1) is 6.26 Å². The van der Waals surface area contributed by atoms with Crippen molar-refractivity contribution in [1.82, 2.24) is 0 Å². The van der Waals surface area contributed by atoms with E-state index in [1.807, 2.05) is 36.4 Å². The summed E-state index contributed by atoms with van der Waals surface area (Å²) < 4.78 is 39.5. The fourth-order valence-electron chi connectivity index (χ4n) is 3.24. The first kappa shape index (κ1) is 23.3. The van der Waals surface area contributed by atoms with Crippen molar-refractivity contribution in [2.45, 2.75) is 51.9 Å². The van der Waals surface area contributed by atoms with E-state index in [0.29, 0.717) is 30.2 Å². The molecule has 0 spiro atoms. The number of nitrogens with one attached hydrogen (secondary N) is 1. The third-order valence-corrected chi connectivity index (χ3v) is 10.3. The predicted octanol–water partition coefficient (Wildman–Crippen LogP) is 5.40. The largest absolute Gasteiger partial charge is 0.542 e. The molecule has 5 nitrogen and oxygen atoms in total. The van der Waals surface area contributed by atoms with Gasteiger partial charge in [0.1, 0.15) is 23.8 Å². The third kappa shape index (κ3) is 6.24. The molecule has 1 radical (unpaired) electrons. The van der Waals surface area contributed by atoms with Crippen molar-refractivity contribution in [2.75, 3.05) is 11.0 Å². The topological polar surface area (TPSA) is 64.6 Å². The Labute approximate surface area is 176 Å². The van der Waals surface area contributed by atoms with Gasteiger partial charge in [0.2, 0.25) is 10.0 Å². The average molecular weight is 435 g/mol. The zero-order valence-corrected chi connectivity index (χ0v) is 19.6. The molecular formula is C22H32NO4SSi. The number of hydrogen-bond acceptors (Lipinski definition) is 4. The van der Waals surface area contributed by atoms with Gasteiger partial charge >= 0.3 is 0 Å². The highest BCUT2D eigenvalue weighted by molar-refractivity contribution is 7.92. The molecule has 7 heteroatoms. The van der Waals surface area contributed by atoms with E-state index in [0.717, 1.165) is 35.5 Å². The highest BCUT2D eigenvalue weighted by Crippen LogP contribution is 2.42. The van der Waals surface area contributed by atoms with Gasteiger partial charge in [-0.25, -0.2) is 8.42 Å². The maximum absolute atomic E-state index is 12.1. The van der Waals surface area contributed by atoms with Crippen molar-refractivity contribution in [3.05, 3.63) is 60.5 Å². The number of sulfonamides is 1. The number of hydrogen-bond donors (Lipinski definition) is 1. The molecule has 2 aromatic carbocycles. The quantitative estimate of drug-likeness (QED) is 0.481. The summed E-state index contributed by atoms with van der Waals surface area (Å²) in [5, 5.41) is 0. The molecule has 0 heterocycles. The first-order valence-electron chi connectivity index (χ1n) is 10.1. The number of benzene rings is 2. The molecule has 0 aliphatic rings. The molecular weight excluding hydrogens is 402 g/mol. The summed E-state index contributed by atoms with van der Waals surface area (Å²) in [4.78, 5) is 0. The summed E-state index contributed by atoms with van der Waals surface area (Å²) in [5.41, 5.74) is 2.24. The van der Waals surface area contributed by atoms with Crippen LogP contribution in [0.15, 0.2) is 42.5 Å². The van der Waals surface area contributed by atoms with Crippen molar-refractivity contribution < 1.29 is 17.6 Å². The molecule has 0 unspecified atom stereocenters. The van der Waals surface area contributed by atoms with E-state index in [9.17, 15) is 8.42 Å². The number of ether oxygens (including phenoxy) is 1. The Morgan fingerprint density at radius 2 is 1.62 bits per heavy atom. The van der Waals surface area contributed by atoms with Crippen LogP contribution in [0.2, 0.25) is 18.1 Å². The van der Waals surface area contributed by atoms with E-state index in [1.54, 1.807) is 6.07 Å². The van der Waals surface area contributed by atoms with Crippen LogP contribution in [-0.4, -0.2) is 23.0 Å². The highest BCUT2D eigenvalue weighted by Gasteiger charge is 2.33. The molecule has 0 fully saturated rings. The molecule has 0 aliphatic carbocycles. The van der Waals surface area contributed by atoms with Crippen LogP contribution in [0.25, 0.3) is 0 Å². The Bertz CT molecular complexity index is 888. The molecule has 1 N–H and O–H groups in total. The second kappa shape index (κ2) is 10.2. The SMILES string of the molecule is [CH2]Cc1ccc(OCc2ccccc2)c(NS(C)(=O)=O)c1O[Si](CC)(CC)CC. The molecule has 0 aromatic heterocycles. The van der Waals surface area contributed by atoms with Crippen molar-refractivity contribution in [2.24, 2.45) is 0 Å². The molecule has 2 rings (SSSR count). The van der Waals surface area contributed by atoms with Gasteiger partial charge < -0.3 is 9.16 Å². The molecule has 29 heavy (non-hydrogen) atoms. The van der Waals surface area contributed by atoms with Gasteiger partial charge in [-0.15, -0.1) is 0 Å². The fraction of sp³-hybridized carbons (Fsp3) is 0.409. The average Bonchev–Trinajstić information content (AvgIpc) is 2.71. The zero-order valence-electron chi connectivity index (χ0n) is 17.8. The van der Waals surface area contributed by atoms with Crippen LogP contribution in [0.4, 0.5) is 5.69 Å². The van der Waals surface area contributed by atoms with Gasteiger partial charge in [-0.2, -0.15) is 0 Å². The van der Waals surface area contributed by atoms with E-state index >= 15 is 0 Å². The van der Waals surface area contributed by atoms with Crippen LogP contribution in [0.1, 0.15) is 31.9 Å². The van der Waals surface area contributed by atoms with Gasteiger partial charge in [-0.1, -0.05) is 57.2 Å². The third-order valence-electron chi connectivity index (χ3n) is 5.25. The normalized spacial score (nSPS) is 11.9. The summed E-state index contributed by atoms with van der Waals surface area (Å²) in [6.45, 7) is 10.8. The number of anilines is 1. The van der Waals surface area contributed by atoms with Crippen LogP contribution >= 0.6 is 0 Å². The van der Waals surface area contributed by atoms with Gasteiger partial charge in [-0.05, 0) is 48.7 Å². The summed E-state index contributed by atoms with van der Waals surface area (Å²) in [6.07, 6.45) is 1.63. The monoisotopic (exact) mass is 434 g/mol. The summed E-state index contributed by atoms with van der Waals surface area (Å²) in [6, 6.07) is 16.3. The Morgan fingerprint density at radius 1 is 1.00 bits per heavy atom. The van der Waals surface area contributed by atoms with Crippen LogP contribution < -0.4 is 13.9 Å². The van der Waals surface area contributed by atoms with E-state index in [2.05, 4.69) is 32.4 Å². The zero-order chi connectivity index (χ0) is 21.5. The Balaban J connectivity index is 2.52. The Hall–Kier alpha value is -1.99. The van der Waals surface area contributed by atoms with Gasteiger partial charge in [0, 0.05) is 0 Å². The summed E-state index contributed by atoms with van der Waals surface area (Å²) in [7, 11) is -5.56. The van der Waals surface area contributed by atoms with Crippen molar-refractivity contribution in [3.63, 3.8) is 0 Å². The Morgan fingerprint density at radius 3 is 2.14 bits per heavy atom. The van der Waals surface area contributed by atoms with Crippen LogP contribution in [0, 0.1) is 6.92 Å². The fourth-order valence-corrected chi connectivity index (χ4v) is 6.41. The molecule has 2 aromatic rings. The lowest BCUT2D eigenvalue weighted by atomic mass is 10.1. The molecule has 0 amide bonds. The van der Waals surface area contributed by atoms with Crippen LogP contribution in [-0.2, 0) is 23.1 Å². The lowest BCUT2D eigenvalue weighted by molar-refractivity contribution is 0.307. The summed E-state index contributed by atoms with van der Waals surface area (Å²) in [5.74, 6) is 1.02. The molecule has 0 saturated heterocycles. The lowest BCUT2D eigenvalue weighted by Crippen LogP contribution is -2.40. The summed E-state index contributed by atoms with van der Waals surface area (Å²) >= 11 is 0. The smallest absolute Gasteiger partial charge is 0.250 e. The first-order valence-corrected chi connectivity index (χ1v) is 14.5. The van der Waals surface area contributed by atoms with E-state index in [4.69, 9.17) is 9.16 Å². The van der Waals surface area contributed by atoms with Gasteiger partial charge in [0.15, 0.2) is 0 Å². The molecule has 0 saturated carbocycles. The second-order valence-electron chi connectivity index (χ2n) is 7.17. The predicted molar refractivity (Wildman–Crippen MR) is 123 cm³/mol. The molecule has 0 aliphatic heterocycles. The van der Waals surface area contributed by atoms with Crippen LogP contribution in [0.5, 0.6) is 11.5 Å². The molecule has 0 atom stereocenters. The van der Waals surface area contributed by atoms with Crippen LogP contribution in [0.3, 0.4) is 0 Å². The Kier molecular flexibility index (Phi) is 8.16. The standard InChI is InChI=1S/C22H32NO4SSi/c1-6-19-15-16-20(26-17-18-13-11-10-12-14-18)21(23-28(5,24)25)22(19)27-29(7-2,8-3)9-4/h10-16,23H,1,6-9,17H2,2-5H3. The van der Waals surface area contributed by atoms with Gasteiger partial charge in [0.25, 0.3) is 8.32 Å². The lowest BCUT2D eigenvalue weighted by Gasteiger charge is -2.32. The maximum Gasteiger partial charge on any atom is 0.250 e. The second-order valence-corrected chi connectivity index (χ2v) is 13.6. The maximum atomic E-state index is 12.1. The first-order chi connectivity index (χ1) is 13.8. The van der Waals surface area contributed by atoms with Crippen molar-refractivity contribution in [1.29, 1.82) is 0 Å². The minimum Gasteiger partial charge on any atom is -0.542 e.